The summed E-state index contributed by atoms with van der Waals surface area (Å²) in [5.74, 6) is 1.01. The Labute approximate surface area is 101 Å². The van der Waals surface area contributed by atoms with Gasteiger partial charge in [-0.25, -0.2) is 0 Å². The summed E-state index contributed by atoms with van der Waals surface area (Å²) in [7, 11) is 2.07. The first kappa shape index (κ1) is 10.6. The molecule has 0 unspecified atom stereocenters. The van der Waals surface area contributed by atoms with E-state index in [-0.39, 0.29) is 0 Å². The van der Waals surface area contributed by atoms with Crippen molar-refractivity contribution in [1.29, 1.82) is 0 Å². The largest absolute Gasteiger partial charge is 0.351 e. The fourth-order valence-corrected chi connectivity index (χ4v) is 2.83. The number of carbonyl (C=O) groups excluding carboxylic acids is 1. The van der Waals surface area contributed by atoms with Crippen molar-refractivity contribution in [2.75, 3.05) is 0 Å². The number of rotatable bonds is 1. The first-order valence-corrected chi connectivity index (χ1v) is 6.31. The summed E-state index contributed by atoms with van der Waals surface area (Å²) < 4.78 is 2.14. The summed E-state index contributed by atoms with van der Waals surface area (Å²) in [5, 5.41) is 1.31. The molecule has 1 saturated carbocycles. The lowest BCUT2D eigenvalue weighted by Gasteiger charge is -2.21. The summed E-state index contributed by atoms with van der Waals surface area (Å²) in [6.07, 6.45) is 5.67. The van der Waals surface area contributed by atoms with Gasteiger partial charge in [-0.1, -0.05) is 6.07 Å². The van der Waals surface area contributed by atoms with Crippen molar-refractivity contribution in [1.82, 2.24) is 4.57 Å². The number of aromatic nitrogens is 1. The minimum Gasteiger partial charge on any atom is -0.351 e. The number of fused-ring (bicyclic) bond motifs is 1. The summed E-state index contributed by atoms with van der Waals surface area (Å²) >= 11 is 0. The molecule has 1 aliphatic carbocycles. The molecule has 2 aromatic rings. The molecule has 0 atom stereocenters. The van der Waals surface area contributed by atoms with E-state index in [1.165, 1.54) is 16.5 Å². The lowest BCUT2D eigenvalue weighted by molar-refractivity contribution is -0.120. The van der Waals surface area contributed by atoms with Crippen molar-refractivity contribution in [2.45, 2.75) is 31.6 Å². The maximum Gasteiger partial charge on any atom is 0.132 e. The van der Waals surface area contributed by atoms with Crippen LogP contribution in [-0.2, 0) is 11.8 Å². The van der Waals surface area contributed by atoms with Crippen molar-refractivity contribution in [3.63, 3.8) is 0 Å². The predicted molar refractivity (Wildman–Crippen MR) is 69.1 cm³/mol. The van der Waals surface area contributed by atoms with E-state index in [9.17, 15) is 4.79 Å². The maximum absolute atomic E-state index is 11.3. The van der Waals surface area contributed by atoms with Crippen LogP contribution in [0.5, 0.6) is 0 Å². The zero-order valence-corrected chi connectivity index (χ0v) is 10.1. The number of nitrogens with zero attached hydrogens (tertiary/aromatic N) is 1. The average Bonchev–Trinajstić information content (AvgIpc) is 2.72. The normalized spacial score (nSPS) is 17.8. The van der Waals surface area contributed by atoms with E-state index in [2.05, 4.69) is 42.1 Å². The van der Waals surface area contributed by atoms with Gasteiger partial charge in [-0.05, 0) is 47.9 Å². The van der Waals surface area contributed by atoms with Crippen LogP contribution in [0.15, 0.2) is 30.5 Å². The molecule has 0 spiro atoms. The van der Waals surface area contributed by atoms with Crippen LogP contribution in [0.4, 0.5) is 0 Å². The Bertz CT molecular complexity index is 557. The zero-order valence-electron chi connectivity index (χ0n) is 10.1. The monoisotopic (exact) mass is 227 g/mol. The second-order valence-corrected chi connectivity index (χ2v) is 5.06. The Morgan fingerprint density at radius 1 is 1.18 bits per heavy atom. The van der Waals surface area contributed by atoms with Crippen molar-refractivity contribution in [3.05, 3.63) is 36.0 Å². The number of benzene rings is 1. The quantitative estimate of drug-likeness (QED) is 0.731. The van der Waals surface area contributed by atoms with Crippen LogP contribution in [0.2, 0.25) is 0 Å². The third kappa shape index (κ3) is 1.88. The molecular formula is C15H17NO. The molecule has 88 valence electrons. The Morgan fingerprint density at radius 3 is 2.71 bits per heavy atom. The van der Waals surface area contributed by atoms with Crippen LogP contribution in [0, 0.1) is 0 Å². The molecule has 1 fully saturated rings. The van der Waals surface area contributed by atoms with Crippen molar-refractivity contribution in [3.8, 4) is 0 Å². The topological polar surface area (TPSA) is 22.0 Å². The molecule has 0 aliphatic heterocycles. The number of aryl methyl sites for hydroxylation is 1. The highest BCUT2D eigenvalue weighted by Gasteiger charge is 2.20. The Hall–Kier alpha value is -1.57. The van der Waals surface area contributed by atoms with Gasteiger partial charge in [0.15, 0.2) is 0 Å². The lowest BCUT2D eigenvalue weighted by Crippen LogP contribution is -2.12. The van der Waals surface area contributed by atoms with E-state index in [0.717, 1.165) is 25.7 Å². The molecule has 0 N–H and O–H groups in total. The van der Waals surface area contributed by atoms with Crippen LogP contribution in [0.3, 0.4) is 0 Å². The molecule has 17 heavy (non-hydrogen) atoms. The first-order valence-electron chi connectivity index (χ1n) is 6.31. The molecule has 1 heterocycles. The van der Waals surface area contributed by atoms with Crippen molar-refractivity contribution < 1.29 is 4.79 Å². The number of Topliss-reactive ketones (excluding diaryl/α,β-unsaturated/α-hetero) is 1. The van der Waals surface area contributed by atoms with Gasteiger partial charge in [0, 0.05) is 31.6 Å². The second-order valence-electron chi connectivity index (χ2n) is 5.06. The zero-order chi connectivity index (χ0) is 11.8. The first-order chi connectivity index (χ1) is 8.24. The van der Waals surface area contributed by atoms with E-state index >= 15 is 0 Å². The fraction of sp³-hybridized carbons (Fsp3) is 0.400. The van der Waals surface area contributed by atoms with Crippen LogP contribution in [0.1, 0.15) is 37.2 Å². The van der Waals surface area contributed by atoms with E-state index in [4.69, 9.17) is 0 Å². The van der Waals surface area contributed by atoms with Gasteiger partial charge in [-0.2, -0.15) is 0 Å². The highest BCUT2D eigenvalue weighted by atomic mass is 16.1. The molecule has 2 heteroatoms. The Kier molecular flexibility index (Phi) is 2.50. The molecule has 0 bridgehead atoms. The van der Waals surface area contributed by atoms with Gasteiger partial charge < -0.3 is 4.57 Å². The molecule has 2 nitrogen and oxygen atoms in total. The summed E-state index contributed by atoms with van der Waals surface area (Å²) in [5.41, 5.74) is 2.68. The standard InChI is InChI=1S/C15H17NO/c1-16-9-8-13-10-12(4-7-15(13)16)11-2-5-14(17)6-3-11/h4,7-11H,2-3,5-6H2,1H3. The highest BCUT2D eigenvalue weighted by molar-refractivity contribution is 5.81. The number of ketones is 1. The van der Waals surface area contributed by atoms with E-state index in [1.807, 2.05) is 0 Å². The number of hydrogen-bond acceptors (Lipinski definition) is 1. The van der Waals surface area contributed by atoms with Gasteiger partial charge in [0.05, 0.1) is 0 Å². The average molecular weight is 227 g/mol. The van der Waals surface area contributed by atoms with E-state index in [1.54, 1.807) is 0 Å². The van der Waals surface area contributed by atoms with Gasteiger partial charge >= 0.3 is 0 Å². The van der Waals surface area contributed by atoms with Crippen molar-refractivity contribution >= 4 is 16.7 Å². The Balaban J connectivity index is 1.92. The third-order valence-corrected chi connectivity index (χ3v) is 3.92. The second kappa shape index (κ2) is 4.02. The molecule has 1 aromatic carbocycles. The van der Waals surface area contributed by atoms with Crippen LogP contribution >= 0.6 is 0 Å². The lowest BCUT2D eigenvalue weighted by atomic mass is 9.83. The van der Waals surface area contributed by atoms with Gasteiger partial charge in [0.2, 0.25) is 0 Å². The molecule has 1 aliphatic rings. The smallest absolute Gasteiger partial charge is 0.132 e. The third-order valence-electron chi connectivity index (χ3n) is 3.92. The molecular weight excluding hydrogens is 210 g/mol. The SMILES string of the molecule is Cn1ccc2cc(C3CCC(=O)CC3)ccc21. The Morgan fingerprint density at radius 2 is 1.94 bits per heavy atom. The maximum atomic E-state index is 11.3. The van der Waals surface area contributed by atoms with Gasteiger partial charge in [0.1, 0.15) is 5.78 Å². The fourth-order valence-electron chi connectivity index (χ4n) is 2.83. The molecule has 1 aromatic heterocycles. The molecule has 0 amide bonds. The minimum atomic E-state index is 0.432. The number of carbonyl (C=O) groups is 1. The van der Waals surface area contributed by atoms with Gasteiger partial charge in [-0.3, -0.25) is 4.79 Å². The van der Waals surface area contributed by atoms with Crippen LogP contribution in [-0.4, -0.2) is 10.4 Å². The minimum absolute atomic E-state index is 0.432. The van der Waals surface area contributed by atoms with Crippen LogP contribution < -0.4 is 0 Å². The molecule has 0 radical (unpaired) electrons. The molecule has 3 rings (SSSR count). The molecule has 0 saturated heterocycles. The van der Waals surface area contributed by atoms with Gasteiger partial charge in [-0.15, -0.1) is 0 Å². The van der Waals surface area contributed by atoms with Crippen LogP contribution in [0.25, 0.3) is 10.9 Å². The van der Waals surface area contributed by atoms with E-state index in [0.29, 0.717) is 11.7 Å². The number of hydrogen-bond donors (Lipinski definition) is 0. The summed E-state index contributed by atoms with van der Waals surface area (Å²) in [4.78, 5) is 11.3. The van der Waals surface area contributed by atoms with Gasteiger partial charge in [0.25, 0.3) is 0 Å². The van der Waals surface area contributed by atoms with E-state index < -0.39 is 0 Å². The highest BCUT2D eigenvalue weighted by Crippen LogP contribution is 2.32. The summed E-state index contributed by atoms with van der Waals surface area (Å²) in [6, 6.07) is 8.87. The van der Waals surface area contributed by atoms with Crippen molar-refractivity contribution in [2.24, 2.45) is 7.05 Å². The summed E-state index contributed by atoms with van der Waals surface area (Å²) in [6.45, 7) is 0. The predicted octanol–water partition coefficient (Wildman–Crippen LogP) is 3.41.